The number of ether oxygens (including phenoxy) is 2. The lowest BCUT2D eigenvalue weighted by Gasteiger charge is -2.32. The number of likely N-dealkylation sites (N-methyl/N-ethyl adjacent to an activating group) is 1. The van der Waals surface area contributed by atoms with Crippen LogP contribution in [-0.4, -0.2) is 72.7 Å². The van der Waals surface area contributed by atoms with Crippen LogP contribution in [0.2, 0.25) is 0 Å². The van der Waals surface area contributed by atoms with Crippen LogP contribution < -0.4 is 14.9 Å². The summed E-state index contributed by atoms with van der Waals surface area (Å²) in [7, 11) is 1.10. The number of hydrogen-bond acceptors (Lipinski definition) is 8. The number of rotatable bonds is 5. The van der Waals surface area contributed by atoms with Gasteiger partial charge in [-0.3, -0.25) is 4.79 Å². The predicted octanol–water partition coefficient (Wildman–Crippen LogP) is 0.116. The molecule has 154 valence electrons. The van der Waals surface area contributed by atoms with E-state index in [4.69, 9.17) is 14.1 Å². The van der Waals surface area contributed by atoms with Gasteiger partial charge in [-0.25, -0.2) is 0 Å². The van der Waals surface area contributed by atoms with Crippen molar-refractivity contribution in [3.63, 3.8) is 0 Å². The molecule has 1 fully saturated rings. The maximum atomic E-state index is 12.4. The molecule has 0 unspecified atom stereocenters. The van der Waals surface area contributed by atoms with E-state index in [9.17, 15) is 15.1 Å². The Balaban J connectivity index is 1.43. The molecule has 1 aromatic carbocycles. The van der Waals surface area contributed by atoms with E-state index in [1.165, 1.54) is 6.07 Å². The van der Waals surface area contributed by atoms with Gasteiger partial charge >= 0.3 is 7.12 Å². The van der Waals surface area contributed by atoms with Crippen LogP contribution in [0.5, 0.6) is 17.5 Å². The smallest absolute Gasteiger partial charge is 0.467 e. The Bertz CT molecular complexity index is 988. The van der Waals surface area contributed by atoms with Gasteiger partial charge in [0.1, 0.15) is 17.4 Å². The van der Waals surface area contributed by atoms with Crippen molar-refractivity contribution in [3.05, 3.63) is 41.5 Å². The molecule has 2 aliphatic heterocycles. The second kappa shape index (κ2) is 8.71. The third kappa shape index (κ3) is 4.38. The van der Waals surface area contributed by atoms with E-state index in [0.717, 1.165) is 18.7 Å². The highest BCUT2D eigenvalue weighted by molar-refractivity contribution is 6.61. The molecule has 3 heterocycles. The quantitative estimate of drug-likeness (QED) is 0.695. The first kappa shape index (κ1) is 20.2. The first-order valence-corrected chi connectivity index (χ1v) is 9.64. The van der Waals surface area contributed by atoms with Crippen molar-refractivity contribution >= 4 is 18.5 Å². The van der Waals surface area contributed by atoms with Gasteiger partial charge < -0.3 is 29.0 Å². The fraction of sp³-hybridized carbons (Fsp3) is 0.350. The molecule has 1 N–H and O–H groups in total. The Labute approximate surface area is 174 Å². The van der Waals surface area contributed by atoms with Crippen molar-refractivity contribution in [1.29, 1.82) is 5.26 Å². The number of aromatic nitrogens is 1. The second-order valence-electron chi connectivity index (χ2n) is 7.21. The zero-order valence-electron chi connectivity index (χ0n) is 16.6. The van der Waals surface area contributed by atoms with Crippen LogP contribution in [0.4, 0.5) is 0 Å². The first-order chi connectivity index (χ1) is 14.5. The maximum absolute atomic E-state index is 12.4. The summed E-state index contributed by atoms with van der Waals surface area (Å²) in [5, 5.41) is 19.0. The number of piperazine rings is 1. The van der Waals surface area contributed by atoms with E-state index < -0.39 is 7.12 Å². The fourth-order valence-electron chi connectivity index (χ4n) is 3.34. The molecular weight excluding hydrogens is 387 g/mol. The molecule has 1 saturated heterocycles. The number of pyridine rings is 1. The Morgan fingerprint density at radius 3 is 2.87 bits per heavy atom. The Morgan fingerprint density at radius 2 is 2.10 bits per heavy atom. The lowest BCUT2D eigenvalue weighted by atomic mass is 9.80. The normalized spacial score (nSPS) is 16.2. The van der Waals surface area contributed by atoms with Crippen LogP contribution in [0.3, 0.4) is 0 Å². The Morgan fingerprint density at radius 1 is 1.30 bits per heavy atom. The molecule has 10 heteroatoms. The average Bonchev–Trinajstić information content (AvgIpc) is 3.13. The van der Waals surface area contributed by atoms with Gasteiger partial charge in [-0.2, -0.15) is 10.2 Å². The van der Waals surface area contributed by atoms with Gasteiger partial charge in [0.2, 0.25) is 11.8 Å². The van der Waals surface area contributed by atoms with Gasteiger partial charge in [-0.15, -0.1) is 0 Å². The van der Waals surface area contributed by atoms with Gasteiger partial charge in [-0.1, -0.05) is 6.07 Å². The number of benzene rings is 1. The highest BCUT2D eigenvalue weighted by Crippen LogP contribution is 2.26. The average molecular weight is 408 g/mol. The summed E-state index contributed by atoms with van der Waals surface area (Å²) in [5.41, 5.74) is 1.77. The van der Waals surface area contributed by atoms with Crippen molar-refractivity contribution in [2.75, 3.05) is 39.8 Å². The molecule has 9 nitrogen and oxygen atoms in total. The third-order valence-corrected chi connectivity index (χ3v) is 5.14. The molecule has 30 heavy (non-hydrogen) atoms. The van der Waals surface area contributed by atoms with Gasteiger partial charge in [0.05, 0.1) is 6.61 Å². The van der Waals surface area contributed by atoms with Crippen molar-refractivity contribution in [2.24, 2.45) is 0 Å². The van der Waals surface area contributed by atoms with Crippen molar-refractivity contribution in [1.82, 2.24) is 14.8 Å². The zero-order valence-corrected chi connectivity index (χ0v) is 16.6. The highest BCUT2D eigenvalue weighted by Gasteiger charge is 2.27. The number of fused-ring (bicyclic) bond motifs is 1. The minimum absolute atomic E-state index is 0.0531. The lowest BCUT2D eigenvalue weighted by molar-refractivity contribution is -0.135. The summed E-state index contributed by atoms with van der Waals surface area (Å²) in [4.78, 5) is 20.5. The number of carbonyl (C=O) groups excluding carboxylic acids is 1. The molecule has 0 bridgehead atoms. The summed E-state index contributed by atoms with van der Waals surface area (Å²) < 4.78 is 16.5. The van der Waals surface area contributed by atoms with E-state index in [1.807, 2.05) is 13.1 Å². The Hall–Kier alpha value is -3.13. The zero-order chi connectivity index (χ0) is 21.1. The predicted molar refractivity (Wildman–Crippen MR) is 107 cm³/mol. The van der Waals surface area contributed by atoms with E-state index in [-0.39, 0.29) is 29.8 Å². The van der Waals surface area contributed by atoms with Crippen molar-refractivity contribution < 1.29 is 23.9 Å². The summed E-state index contributed by atoms with van der Waals surface area (Å²) >= 11 is 0. The molecule has 0 radical (unpaired) electrons. The van der Waals surface area contributed by atoms with Gasteiger partial charge in [0.15, 0.2) is 6.61 Å². The van der Waals surface area contributed by atoms with Gasteiger partial charge in [0, 0.05) is 32.2 Å². The molecule has 0 atom stereocenters. The lowest BCUT2D eigenvalue weighted by Crippen LogP contribution is -2.48. The molecule has 2 aromatic rings. The van der Waals surface area contributed by atoms with E-state index in [0.29, 0.717) is 30.9 Å². The van der Waals surface area contributed by atoms with Crippen molar-refractivity contribution in [3.8, 4) is 23.6 Å². The number of hydrogen-bond donors (Lipinski definition) is 1. The highest BCUT2D eigenvalue weighted by atomic mass is 16.5. The minimum atomic E-state index is -0.917. The maximum Gasteiger partial charge on any atom is 0.491 e. The molecule has 1 aromatic heterocycles. The molecular formula is C20H21BN4O5. The molecule has 1 amide bonds. The number of amides is 1. The van der Waals surface area contributed by atoms with Crippen LogP contribution in [0.1, 0.15) is 11.1 Å². The molecule has 4 rings (SSSR count). The summed E-state index contributed by atoms with van der Waals surface area (Å²) in [6.07, 6.45) is 0. The molecule has 0 spiro atoms. The fourth-order valence-corrected chi connectivity index (χ4v) is 3.34. The van der Waals surface area contributed by atoms with Gasteiger partial charge in [0.25, 0.3) is 5.91 Å². The largest absolute Gasteiger partial charge is 0.491 e. The molecule has 0 saturated carbocycles. The first-order valence-electron chi connectivity index (χ1n) is 9.64. The summed E-state index contributed by atoms with van der Waals surface area (Å²) in [6, 6.07) is 10.3. The SMILES string of the molecule is CN1CCN(C(=O)COc2nc(Oc3ccc4c(c3)COB4O)ccc2C#N)CC1. The number of carbonyl (C=O) groups is 1. The molecule has 2 aliphatic rings. The minimum Gasteiger partial charge on any atom is -0.467 e. The number of nitriles is 1. The van der Waals surface area contributed by atoms with Crippen LogP contribution in [-0.2, 0) is 16.1 Å². The van der Waals surface area contributed by atoms with Crippen molar-refractivity contribution in [2.45, 2.75) is 6.61 Å². The van der Waals surface area contributed by atoms with Gasteiger partial charge in [-0.05, 0) is 36.3 Å². The monoisotopic (exact) mass is 408 g/mol. The second-order valence-corrected chi connectivity index (χ2v) is 7.21. The van der Waals surface area contributed by atoms with Crippen LogP contribution >= 0.6 is 0 Å². The summed E-state index contributed by atoms with van der Waals surface area (Å²) in [5.74, 6) is 0.660. The third-order valence-electron chi connectivity index (χ3n) is 5.14. The standard InChI is InChI=1S/C20H21BN4O5/c1-24-6-8-25(9-7-24)19(26)13-28-20-14(11-22)2-5-18(23-20)30-16-3-4-17-15(10-16)12-29-21(17)27/h2-5,10,27H,6-9,12-13H2,1H3. The van der Waals surface area contributed by atoms with Crippen LogP contribution in [0.25, 0.3) is 0 Å². The van der Waals surface area contributed by atoms with E-state index in [1.54, 1.807) is 29.2 Å². The van der Waals surface area contributed by atoms with E-state index >= 15 is 0 Å². The van der Waals surface area contributed by atoms with Crippen LogP contribution in [0, 0.1) is 11.3 Å². The van der Waals surface area contributed by atoms with E-state index in [2.05, 4.69) is 9.88 Å². The number of nitrogens with zero attached hydrogens (tertiary/aromatic N) is 4. The molecule has 0 aliphatic carbocycles. The topological polar surface area (TPSA) is 108 Å². The van der Waals surface area contributed by atoms with Crippen LogP contribution in [0.15, 0.2) is 30.3 Å². The Kier molecular flexibility index (Phi) is 5.85. The summed E-state index contributed by atoms with van der Waals surface area (Å²) in [6.45, 7) is 3.05.